The average Bonchev–Trinajstić information content (AvgIpc) is 1.96. The lowest BCUT2D eigenvalue weighted by Gasteiger charge is -2.09. The Hall–Kier alpha value is -0.760. The summed E-state index contributed by atoms with van der Waals surface area (Å²) in [5.74, 6) is -0.189. The molecular formula is C9H11ClFN. The molecule has 0 atom stereocenters. The van der Waals surface area contributed by atoms with E-state index in [0.29, 0.717) is 5.69 Å². The van der Waals surface area contributed by atoms with Gasteiger partial charge in [0.25, 0.3) is 0 Å². The van der Waals surface area contributed by atoms with Gasteiger partial charge in [0.1, 0.15) is 5.82 Å². The molecule has 0 saturated heterocycles. The SMILES string of the molecule is CC(C)c1cc(F)c(Cl)cc1N. The fraction of sp³-hybridized carbons (Fsp3) is 0.333. The second-order valence-corrected chi connectivity index (χ2v) is 3.46. The third kappa shape index (κ3) is 1.69. The molecular weight excluding hydrogens is 177 g/mol. The smallest absolute Gasteiger partial charge is 0.142 e. The van der Waals surface area contributed by atoms with E-state index in [2.05, 4.69) is 0 Å². The lowest BCUT2D eigenvalue weighted by Crippen LogP contribution is -1.97. The number of benzene rings is 1. The van der Waals surface area contributed by atoms with Crippen LogP contribution in [0.4, 0.5) is 10.1 Å². The van der Waals surface area contributed by atoms with Gasteiger partial charge >= 0.3 is 0 Å². The first-order valence-corrected chi connectivity index (χ1v) is 4.14. The van der Waals surface area contributed by atoms with Crippen molar-refractivity contribution in [2.75, 3.05) is 5.73 Å². The van der Waals surface area contributed by atoms with Gasteiger partial charge in [0, 0.05) is 5.69 Å². The molecule has 0 aliphatic rings. The largest absolute Gasteiger partial charge is 0.398 e. The predicted octanol–water partition coefficient (Wildman–Crippen LogP) is 3.18. The molecule has 1 aromatic carbocycles. The summed E-state index contributed by atoms with van der Waals surface area (Å²) < 4.78 is 12.9. The van der Waals surface area contributed by atoms with Crippen LogP contribution >= 0.6 is 11.6 Å². The van der Waals surface area contributed by atoms with Gasteiger partial charge in [-0.25, -0.2) is 4.39 Å². The van der Waals surface area contributed by atoms with Gasteiger partial charge in [0.2, 0.25) is 0 Å². The Bertz CT molecular complexity index is 297. The maximum Gasteiger partial charge on any atom is 0.142 e. The summed E-state index contributed by atoms with van der Waals surface area (Å²) in [5.41, 5.74) is 7.00. The maximum absolute atomic E-state index is 12.9. The third-order valence-corrected chi connectivity index (χ3v) is 2.04. The Morgan fingerprint density at radius 2 is 2.00 bits per heavy atom. The zero-order chi connectivity index (χ0) is 9.30. The molecule has 0 aliphatic heterocycles. The van der Waals surface area contributed by atoms with Crippen LogP contribution in [-0.4, -0.2) is 0 Å². The van der Waals surface area contributed by atoms with Crippen molar-refractivity contribution >= 4 is 17.3 Å². The first-order valence-electron chi connectivity index (χ1n) is 3.76. The number of nitrogen functional groups attached to an aromatic ring is 1. The zero-order valence-electron chi connectivity index (χ0n) is 7.07. The van der Waals surface area contributed by atoms with E-state index in [1.165, 1.54) is 12.1 Å². The summed E-state index contributed by atoms with van der Waals surface area (Å²) in [4.78, 5) is 0. The number of nitrogens with two attached hydrogens (primary N) is 1. The summed E-state index contributed by atoms with van der Waals surface area (Å²) in [6.45, 7) is 3.91. The molecule has 0 unspecified atom stereocenters. The number of halogens is 2. The van der Waals surface area contributed by atoms with Crippen LogP contribution in [0, 0.1) is 5.82 Å². The van der Waals surface area contributed by atoms with Gasteiger partial charge in [-0.3, -0.25) is 0 Å². The molecule has 0 bridgehead atoms. The van der Waals surface area contributed by atoms with E-state index in [1.807, 2.05) is 13.8 Å². The maximum atomic E-state index is 12.9. The van der Waals surface area contributed by atoms with Crippen LogP contribution in [-0.2, 0) is 0 Å². The minimum absolute atomic E-state index is 0.0805. The summed E-state index contributed by atoms with van der Waals surface area (Å²) in [5, 5.41) is 0.0805. The first kappa shape index (κ1) is 9.33. The minimum Gasteiger partial charge on any atom is -0.398 e. The summed E-state index contributed by atoms with van der Waals surface area (Å²) >= 11 is 5.54. The van der Waals surface area contributed by atoms with E-state index < -0.39 is 5.82 Å². The minimum atomic E-state index is -0.408. The standard InChI is InChI=1S/C9H11ClFN/c1-5(2)6-3-8(11)7(10)4-9(6)12/h3-5H,12H2,1-2H3. The van der Waals surface area contributed by atoms with E-state index in [9.17, 15) is 4.39 Å². The van der Waals surface area contributed by atoms with Crippen molar-refractivity contribution in [2.24, 2.45) is 0 Å². The monoisotopic (exact) mass is 187 g/mol. The van der Waals surface area contributed by atoms with Crippen molar-refractivity contribution in [1.29, 1.82) is 0 Å². The van der Waals surface area contributed by atoms with E-state index in [0.717, 1.165) is 5.56 Å². The third-order valence-electron chi connectivity index (χ3n) is 1.75. The highest BCUT2D eigenvalue weighted by Crippen LogP contribution is 2.27. The molecule has 66 valence electrons. The van der Waals surface area contributed by atoms with Crippen LogP contribution in [0.5, 0.6) is 0 Å². The molecule has 12 heavy (non-hydrogen) atoms. The fourth-order valence-corrected chi connectivity index (χ4v) is 1.25. The number of hydrogen-bond donors (Lipinski definition) is 1. The van der Waals surface area contributed by atoms with Crippen molar-refractivity contribution in [2.45, 2.75) is 19.8 Å². The van der Waals surface area contributed by atoms with Gasteiger partial charge < -0.3 is 5.73 Å². The second-order valence-electron chi connectivity index (χ2n) is 3.05. The van der Waals surface area contributed by atoms with Crippen LogP contribution in [0.2, 0.25) is 5.02 Å². The van der Waals surface area contributed by atoms with Gasteiger partial charge in [-0.2, -0.15) is 0 Å². The van der Waals surface area contributed by atoms with Crippen LogP contribution in [0.25, 0.3) is 0 Å². The van der Waals surface area contributed by atoms with Crippen molar-refractivity contribution in [3.8, 4) is 0 Å². The Morgan fingerprint density at radius 1 is 1.42 bits per heavy atom. The molecule has 1 rings (SSSR count). The van der Waals surface area contributed by atoms with Gasteiger partial charge in [0.05, 0.1) is 5.02 Å². The Morgan fingerprint density at radius 3 is 2.50 bits per heavy atom. The molecule has 0 fully saturated rings. The molecule has 0 radical (unpaired) electrons. The van der Waals surface area contributed by atoms with Crippen molar-refractivity contribution < 1.29 is 4.39 Å². The van der Waals surface area contributed by atoms with E-state index in [-0.39, 0.29) is 10.9 Å². The van der Waals surface area contributed by atoms with Crippen LogP contribution < -0.4 is 5.73 Å². The predicted molar refractivity (Wildman–Crippen MR) is 49.9 cm³/mol. The molecule has 1 aromatic rings. The van der Waals surface area contributed by atoms with Crippen molar-refractivity contribution in [3.05, 3.63) is 28.5 Å². The molecule has 0 aliphatic carbocycles. The number of anilines is 1. The average molecular weight is 188 g/mol. The topological polar surface area (TPSA) is 26.0 Å². The molecule has 0 spiro atoms. The van der Waals surface area contributed by atoms with Gasteiger partial charge in [-0.15, -0.1) is 0 Å². The second kappa shape index (κ2) is 3.31. The molecule has 1 nitrogen and oxygen atoms in total. The van der Waals surface area contributed by atoms with Crippen LogP contribution in [0.1, 0.15) is 25.3 Å². The number of hydrogen-bond acceptors (Lipinski definition) is 1. The lowest BCUT2D eigenvalue weighted by molar-refractivity contribution is 0.624. The normalized spacial score (nSPS) is 10.8. The fourth-order valence-electron chi connectivity index (χ4n) is 1.08. The Kier molecular flexibility index (Phi) is 2.58. The van der Waals surface area contributed by atoms with Gasteiger partial charge in [-0.1, -0.05) is 25.4 Å². The number of rotatable bonds is 1. The summed E-state index contributed by atoms with van der Waals surface area (Å²) in [6, 6.07) is 2.84. The molecule has 0 saturated carbocycles. The molecule has 0 aromatic heterocycles. The molecule has 0 amide bonds. The van der Waals surface area contributed by atoms with Crippen molar-refractivity contribution in [3.63, 3.8) is 0 Å². The Balaban J connectivity index is 3.23. The summed E-state index contributed by atoms with van der Waals surface area (Å²) in [7, 11) is 0. The lowest BCUT2D eigenvalue weighted by atomic mass is 10.0. The highest BCUT2D eigenvalue weighted by Gasteiger charge is 2.08. The Labute approximate surface area is 76.3 Å². The van der Waals surface area contributed by atoms with Gasteiger partial charge in [0.15, 0.2) is 0 Å². The quantitative estimate of drug-likeness (QED) is 0.672. The van der Waals surface area contributed by atoms with E-state index >= 15 is 0 Å². The van der Waals surface area contributed by atoms with E-state index in [4.69, 9.17) is 17.3 Å². The first-order chi connectivity index (χ1) is 5.52. The van der Waals surface area contributed by atoms with Crippen LogP contribution in [0.15, 0.2) is 12.1 Å². The molecule has 2 N–H and O–H groups in total. The van der Waals surface area contributed by atoms with Gasteiger partial charge in [-0.05, 0) is 23.6 Å². The zero-order valence-corrected chi connectivity index (χ0v) is 7.82. The highest BCUT2D eigenvalue weighted by atomic mass is 35.5. The molecule has 0 heterocycles. The highest BCUT2D eigenvalue weighted by molar-refractivity contribution is 6.31. The van der Waals surface area contributed by atoms with Crippen molar-refractivity contribution in [1.82, 2.24) is 0 Å². The summed E-state index contributed by atoms with van der Waals surface area (Å²) in [6.07, 6.45) is 0. The van der Waals surface area contributed by atoms with E-state index in [1.54, 1.807) is 0 Å². The molecule has 3 heteroatoms. The van der Waals surface area contributed by atoms with Crippen LogP contribution in [0.3, 0.4) is 0 Å².